The Morgan fingerprint density at radius 3 is 2.42 bits per heavy atom. The van der Waals surface area contributed by atoms with E-state index in [1.165, 1.54) is 12.1 Å². The fraction of sp³-hybridized carbons (Fsp3) is 0.222. The van der Waals surface area contributed by atoms with Gasteiger partial charge in [-0.25, -0.2) is 4.39 Å². The van der Waals surface area contributed by atoms with Gasteiger partial charge in [0.15, 0.2) is 0 Å². The quantitative estimate of drug-likeness (QED) is 0.710. The molecule has 0 saturated heterocycles. The van der Waals surface area contributed by atoms with Crippen LogP contribution in [0.25, 0.3) is 0 Å². The van der Waals surface area contributed by atoms with Crippen LogP contribution in [0, 0.1) is 5.82 Å². The van der Waals surface area contributed by atoms with Crippen LogP contribution in [0.5, 0.6) is 0 Å². The molecule has 1 aromatic carbocycles. The monoisotopic (exact) mass is 184 g/mol. The summed E-state index contributed by atoms with van der Waals surface area (Å²) in [4.78, 5) is 10.9. The Bertz CT molecular complexity index is 268. The van der Waals surface area contributed by atoms with Gasteiger partial charge in [0.2, 0.25) is 0 Å². The Hall–Kier alpha value is -0.830. The molecule has 0 heterocycles. The molecule has 0 fully saturated rings. The van der Waals surface area contributed by atoms with Gasteiger partial charge in [0.05, 0.1) is 0 Å². The molecule has 0 spiro atoms. The van der Waals surface area contributed by atoms with Crippen LogP contribution < -0.4 is 0 Å². The maximum Gasteiger partial charge on any atom is 0.146 e. The van der Waals surface area contributed by atoms with Crippen molar-refractivity contribution in [1.29, 1.82) is 0 Å². The van der Waals surface area contributed by atoms with Crippen molar-refractivity contribution < 1.29 is 9.18 Å². The molecule has 12 heavy (non-hydrogen) atoms. The minimum Gasteiger partial charge on any atom is -0.298 e. The number of carbonyl (C=O) groups excluding carboxylic acids is 1. The second kappa shape index (κ2) is 4.26. The van der Waals surface area contributed by atoms with Crippen molar-refractivity contribution in [3.63, 3.8) is 0 Å². The minimum absolute atomic E-state index is 0.0462. The average molecular weight is 184 g/mol. The maximum absolute atomic E-state index is 12.4. The normalized spacial score (nSPS) is 9.83. The number of halogens is 1. The summed E-state index contributed by atoms with van der Waals surface area (Å²) in [6, 6.07) is 5.91. The lowest BCUT2D eigenvalue weighted by atomic mass is 10.1. The zero-order valence-corrected chi connectivity index (χ0v) is 7.35. The third-order valence-corrected chi connectivity index (χ3v) is 1.84. The summed E-state index contributed by atoms with van der Waals surface area (Å²) in [5.41, 5.74) is 0.829. The van der Waals surface area contributed by atoms with Crippen LogP contribution in [0.2, 0.25) is 0 Å². The summed E-state index contributed by atoms with van der Waals surface area (Å²) < 4.78 is 12.4. The number of ketones is 1. The Morgan fingerprint density at radius 1 is 1.33 bits per heavy atom. The van der Waals surface area contributed by atoms with Gasteiger partial charge in [-0.1, -0.05) is 12.1 Å². The van der Waals surface area contributed by atoms with E-state index in [1.54, 1.807) is 12.1 Å². The van der Waals surface area contributed by atoms with E-state index in [-0.39, 0.29) is 17.4 Å². The second-order valence-electron chi connectivity index (χ2n) is 2.50. The lowest BCUT2D eigenvalue weighted by Gasteiger charge is -1.97. The van der Waals surface area contributed by atoms with Crippen LogP contribution in [0.3, 0.4) is 0 Å². The van der Waals surface area contributed by atoms with Crippen LogP contribution in [0.15, 0.2) is 24.3 Å². The summed E-state index contributed by atoms with van der Waals surface area (Å²) in [6.07, 6.45) is 0.337. The number of hydrogen-bond acceptors (Lipinski definition) is 2. The SMILES string of the molecule is O=C(CS)Cc1ccc(F)cc1. The third kappa shape index (κ3) is 2.66. The summed E-state index contributed by atoms with van der Waals surface area (Å²) in [5, 5.41) is 0. The van der Waals surface area contributed by atoms with Crippen LogP contribution in [0.4, 0.5) is 4.39 Å². The number of Topliss-reactive ketones (excluding diaryl/α,β-unsaturated/α-hetero) is 1. The molecular weight excluding hydrogens is 175 g/mol. The smallest absolute Gasteiger partial charge is 0.146 e. The summed E-state index contributed by atoms with van der Waals surface area (Å²) in [6.45, 7) is 0. The van der Waals surface area contributed by atoms with Crippen LogP contribution in [-0.2, 0) is 11.2 Å². The summed E-state index contributed by atoms with van der Waals surface area (Å²) in [5.74, 6) is -0.000738. The van der Waals surface area contributed by atoms with Gasteiger partial charge in [-0.3, -0.25) is 4.79 Å². The van der Waals surface area contributed by atoms with E-state index in [1.807, 2.05) is 0 Å². The molecule has 0 aromatic heterocycles. The molecule has 64 valence electrons. The van der Waals surface area contributed by atoms with Crippen LogP contribution >= 0.6 is 12.6 Å². The van der Waals surface area contributed by atoms with Crippen molar-refractivity contribution in [2.45, 2.75) is 6.42 Å². The number of thiol groups is 1. The first-order valence-electron chi connectivity index (χ1n) is 3.59. The number of carbonyl (C=O) groups is 1. The highest BCUT2D eigenvalue weighted by Gasteiger charge is 2.00. The topological polar surface area (TPSA) is 17.1 Å². The molecule has 0 amide bonds. The molecule has 0 atom stereocenters. The number of hydrogen-bond donors (Lipinski definition) is 1. The Morgan fingerprint density at radius 2 is 1.92 bits per heavy atom. The predicted molar refractivity (Wildman–Crippen MR) is 49.0 cm³/mol. The fourth-order valence-corrected chi connectivity index (χ4v) is 0.998. The molecule has 0 N–H and O–H groups in total. The molecule has 3 heteroatoms. The van der Waals surface area contributed by atoms with Gasteiger partial charge >= 0.3 is 0 Å². The van der Waals surface area contributed by atoms with Crippen molar-refractivity contribution in [3.8, 4) is 0 Å². The molecule has 0 radical (unpaired) electrons. The van der Waals surface area contributed by atoms with Crippen LogP contribution in [0.1, 0.15) is 5.56 Å². The first-order valence-corrected chi connectivity index (χ1v) is 4.22. The van der Waals surface area contributed by atoms with E-state index >= 15 is 0 Å². The van der Waals surface area contributed by atoms with Gasteiger partial charge in [0, 0.05) is 12.2 Å². The Balaban J connectivity index is 2.64. The molecule has 0 aliphatic carbocycles. The highest BCUT2D eigenvalue weighted by molar-refractivity contribution is 7.81. The number of rotatable bonds is 3. The van der Waals surface area contributed by atoms with Crippen molar-refractivity contribution in [1.82, 2.24) is 0 Å². The molecule has 0 unspecified atom stereocenters. The van der Waals surface area contributed by atoms with E-state index in [2.05, 4.69) is 12.6 Å². The first kappa shape index (κ1) is 9.26. The van der Waals surface area contributed by atoms with Gasteiger partial charge < -0.3 is 0 Å². The van der Waals surface area contributed by atoms with Crippen molar-refractivity contribution >= 4 is 18.4 Å². The van der Waals surface area contributed by atoms with E-state index in [4.69, 9.17) is 0 Å². The van der Waals surface area contributed by atoms with Crippen molar-refractivity contribution in [3.05, 3.63) is 35.6 Å². The molecule has 0 bridgehead atoms. The average Bonchev–Trinajstić information content (AvgIpc) is 2.09. The second-order valence-corrected chi connectivity index (χ2v) is 2.82. The highest BCUT2D eigenvalue weighted by atomic mass is 32.1. The molecule has 1 nitrogen and oxygen atoms in total. The highest BCUT2D eigenvalue weighted by Crippen LogP contribution is 2.04. The van der Waals surface area contributed by atoms with E-state index < -0.39 is 0 Å². The number of benzene rings is 1. The summed E-state index contributed by atoms with van der Waals surface area (Å²) >= 11 is 3.84. The fourth-order valence-electron chi connectivity index (χ4n) is 0.886. The maximum atomic E-state index is 12.4. The predicted octanol–water partition coefficient (Wildman–Crippen LogP) is 1.87. The summed E-state index contributed by atoms with van der Waals surface area (Å²) in [7, 11) is 0. The van der Waals surface area contributed by atoms with Gasteiger partial charge in [-0.15, -0.1) is 0 Å². The van der Waals surface area contributed by atoms with Gasteiger partial charge in [0.25, 0.3) is 0 Å². The van der Waals surface area contributed by atoms with Gasteiger partial charge in [-0.2, -0.15) is 12.6 Å². The molecular formula is C9H9FOS. The molecule has 1 rings (SSSR count). The first-order chi connectivity index (χ1) is 5.72. The lowest BCUT2D eigenvalue weighted by Crippen LogP contribution is -2.03. The van der Waals surface area contributed by atoms with E-state index in [0.29, 0.717) is 6.42 Å². The van der Waals surface area contributed by atoms with Crippen molar-refractivity contribution in [2.24, 2.45) is 0 Å². The minimum atomic E-state index is -0.280. The zero-order chi connectivity index (χ0) is 8.97. The molecule has 0 aliphatic rings. The van der Waals surface area contributed by atoms with Crippen LogP contribution in [-0.4, -0.2) is 11.5 Å². The van der Waals surface area contributed by atoms with E-state index in [9.17, 15) is 9.18 Å². The Kier molecular flexibility index (Phi) is 3.29. The Labute approximate surface area is 76.0 Å². The molecule has 0 saturated carbocycles. The van der Waals surface area contributed by atoms with Gasteiger partial charge in [0.1, 0.15) is 11.6 Å². The van der Waals surface area contributed by atoms with E-state index in [0.717, 1.165) is 5.56 Å². The largest absolute Gasteiger partial charge is 0.298 e. The van der Waals surface area contributed by atoms with Crippen molar-refractivity contribution in [2.75, 3.05) is 5.75 Å². The zero-order valence-electron chi connectivity index (χ0n) is 6.46. The standard InChI is InChI=1S/C9H9FOS/c10-8-3-1-7(2-4-8)5-9(11)6-12/h1-4,12H,5-6H2. The van der Waals surface area contributed by atoms with Gasteiger partial charge in [-0.05, 0) is 17.7 Å². The lowest BCUT2D eigenvalue weighted by molar-refractivity contribution is -0.115. The molecule has 1 aromatic rings. The molecule has 0 aliphatic heterocycles. The third-order valence-electron chi connectivity index (χ3n) is 1.49.